The van der Waals surface area contributed by atoms with Crippen molar-refractivity contribution in [1.29, 1.82) is 0 Å². The molecule has 2 aromatic carbocycles. The van der Waals surface area contributed by atoms with E-state index in [0.717, 1.165) is 6.07 Å². The first-order valence-electron chi connectivity index (χ1n) is 4.99. The van der Waals surface area contributed by atoms with E-state index in [-0.39, 0.29) is 64.0 Å². The van der Waals surface area contributed by atoms with Crippen LogP contribution in [0.3, 0.4) is 0 Å². The summed E-state index contributed by atoms with van der Waals surface area (Å²) in [6.07, 6.45) is 0. The molecule has 0 radical (unpaired) electrons. The summed E-state index contributed by atoms with van der Waals surface area (Å²) >= 11 is 5.96. The van der Waals surface area contributed by atoms with Crippen LogP contribution in [0.5, 0.6) is 0 Å². The molecule has 0 aromatic heterocycles. The second-order valence-corrected chi connectivity index (χ2v) is 5.94. The van der Waals surface area contributed by atoms with E-state index in [1.165, 1.54) is 6.07 Å². The van der Waals surface area contributed by atoms with Crippen molar-refractivity contribution >= 4 is 50.4 Å². The van der Waals surface area contributed by atoms with Gasteiger partial charge in [0, 0.05) is 22.4 Å². The molecule has 108 valence electrons. The molecule has 0 bridgehead atoms. The van der Waals surface area contributed by atoms with Gasteiger partial charge in [-0.3, -0.25) is 9.87 Å². The minimum atomic E-state index is -4.65. The van der Waals surface area contributed by atoms with E-state index in [1.807, 2.05) is 0 Å². The van der Waals surface area contributed by atoms with Gasteiger partial charge in [-0.1, -0.05) is 6.07 Å². The number of halogens is 1. The van der Waals surface area contributed by atoms with Gasteiger partial charge in [0.2, 0.25) is 0 Å². The van der Waals surface area contributed by atoms with Crippen LogP contribution in [-0.2, 0) is 19.5 Å². The second-order valence-electron chi connectivity index (χ2n) is 3.63. The van der Waals surface area contributed by atoms with Crippen molar-refractivity contribution in [3.05, 3.63) is 30.3 Å². The number of nitrogens with one attached hydrogen (secondary N) is 1. The summed E-state index contributed by atoms with van der Waals surface area (Å²) in [6.45, 7) is 0. The van der Waals surface area contributed by atoms with Gasteiger partial charge in [0.25, 0.3) is 0 Å². The van der Waals surface area contributed by atoms with Crippen LogP contribution in [0.2, 0.25) is 0 Å². The Morgan fingerprint density at radius 2 is 1.86 bits per heavy atom. The Kier molecular flexibility index (Phi) is 10.5. The molecular weight excluding hydrogens is 376 g/mol. The summed E-state index contributed by atoms with van der Waals surface area (Å²) in [6, 6.07) is 7.10. The third-order valence-corrected chi connectivity index (χ3v) is 4.11. The van der Waals surface area contributed by atoms with Gasteiger partial charge in [-0.15, -0.1) is 0 Å². The van der Waals surface area contributed by atoms with Crippen LogP contribution in [0.25, 0.3) is 10.8 Å². The largest absolute Gasteiger partial charge is 1.00 e. The molecule has 0 saturated heterocycles. The van der Waals surface area contributed by atoms with Crippen molar-refractivity contribution < 1.29 is 86.7 Å². The Morgan fingerprint density at radius 3 is 2.41 bits per heavy atom. The van der Waals surface area contributed by atoms with E-state index in [0.29, 0.717) is 28.5 Å². The van der Waals surface area contributed by atoms with E-state index < -0.39 is 15.0 Å². The van der Waals surface area contributed by atoms with E-state index >= 15 is 0 Å². The molecule has 0 spiro atoms. The molecule has 0 aliphatic heterocycles. The van der Waals surface area contributed by atoms with Crippen molar-refractivity contribution in [3.63, 3.8) is 0 Å². The van der Waals surface area contributed by atoms with Crippen LogP contribution >= 0.6 is 23.8 Å². The third kappa shape index (κ3) is 5.78. The predicted octanol–water partition coefficient (Wildman–Crippen LogP) is -4.45. The summed E-state index contributed by atoms with van der Waals surface area (Å²) < 4.78 is 37.5. The van der Waals surface area contributed by atoms with Gasteiger partial charge in [-0.2, -0.15) is 4.33 Å². The molecule has 0 unspecified atom stereocenters. The molecule has 12 heteroatoms. The molecular formula is C10H6ClNNa2O6S2. The average molecular weight is 382 g/mol. The van der Waals surface area contributed by atoms with Crippen LogP contribution in [0.4, 0.5) is 5.69 Å². The SMILES string of the molecule is O=S(=O)([O-])c1cc(SOO[O-])c2ccc(NCl)cc2c1.[Na+].[Na+]. The minimum Gasteiger partial charge on any atom is -0.744 e. The molecule has 0 atom stereocenters. The van der Waals surface area contributed by atoms with Gasteiger partial charge in [0.15, 0.2) is 0 Å². The molecule has 22 heavy (non-hydrogen) atoms. The Morgan fingerprint density at radius 1 is 1.18 bits per heavy atom. The maximum absolute atomic E-state index is 11.1. The second kappa shape index (κ2) is 10.0. The van der Waals surface area contributed by atoms with Crippen LogP contribution in [0.1, 0.15) is 0 Å². The summed E-state index contributed by atoms with van der Waals surface area (Å²) in [4.78, 5) is 2.17. The quantitative estimate of drug-likeness (QED) is 0.138. The van der Waals surface area contributed by atoms with E-state index in [2.05, 4.69) is 14.2 Å². The first-order valence-corrected chi connectivity index (χ1v) is 7.52. The Labute approximate surface area is 180 Å². The number of benzene rings is 2. The Balaban J connectivity index is 0.00000220. The van der Waals surface area contributed by atoms with Crippen molar-refractivity contribution in [2.24, 2.45) is 0 Å². The molecule has 1 N–H and O–H groups in total. The van der Waals surface area contributed by atoms with E-state index in [9.17, 15) is 18.2 Å². The zero-order valence-electron chi connectivity index (χ0n) is 11.5. The molecule has 2 rings (SSSR count). The van der Waals surface area contributed by atoms with Crippen molar-refractivity contribution in [2.75, 3.05) is 4.84 Å². The number of hydrogen-bond acceptors (Lipinski definition) is 8. The molecule has 0 aliphatic carbocycles. The van der Waals surface area contributed by atoms with E-state index in [4.69, 9.17) is 11.8 Å². The zero-order chi connectivity index (χ0) is 14.8. The van der Waals surface area contributed by atoms with Crippen LogP contribution in [-0.4, -0.2) is 13.0 Å². The number of fused-ring (bicyclic) bond motifs is 1. The fourth-order valence-corrected chi connectivity index (χ4v) is 2.91. The predicted molar refractivity (Wildman–Crippen MR) is 69.4 cm³/mol. The maximum Gasteiger partial charge on any atom is 1.00 e. The van der Waals surface area contributed by atoms with E-state index in [1.54, 1.807) is 18.2 Å². The third-order valence-electron chi connectivity index (χ3n) is 2.44. The summed E-state index contributed by atoms with van der Waals surface area (Å²) in [7, 11) is -4.65. The molecule has 0 saturated carbocycles. The smallest absolute Gasteiger partial charge is 0.744 e. The van der Waals surface area contributed by atoms with Crippen molar-refractivity contribution in [1.82, 2.24) is 0 Å². The first-order chi connectivity index (χ1) is 9.45. The maximum atomic E-state index is 11.1. The standard InChI is InChI=1S/C10H8ClNO6S2.2Na/c11-12-7-1-2-9-6(3-7)4-8(20(14,15)16)5-10(9)19-18-17-13;;/h1-5,12-13H,(H,14,15,16);;/q;2*+1/p-2. The number of hydrogen-bond donors (Lipinski definition) is 1. The molecule has 2 aromatic rings. The monoisotopic (exact) mass is 381 g/mol. The van der Waals surface area contributed by atoms with Crippen LogP contribution in [0.15, 0.2) is 40.1 Å². The van der Waals surface area contributed by atoms with Gasteiger partial charge >= 0.3 is 59.1 Å². The Hall–Kier alpha value is 0.930. The molecule has 0 amide bonds. The molecule has 0 fully saturated rings. The summed E-state index contributed by atoms with van der Waals surface area (Å²) in [5.74, 6) is 0. The van der Waals surface area contributed by atoms with Gasteiger partial charge in [0.05, 0.1) is 16.9 Å². The van der Waals surface area contributed by atoms with Crippen LogP contribution in [0, 0.1) is 0 Å². The van der Waals surface area contributed by atoms with Crippen molar-refractivity contribution in [3.8, 4) is 0 Å². The van der Waals surface area contributed by atoms with Crippen molar-refractivity contribution in [2.45, 2.75) is 9.79 Å². The van der Waals surface area contributed by atoms with Crippen LogP contribution < -0.4 is 69.2 Å². The molecule has 0 aliphatic rings. The fraction of sp³-hybridized carbons (Fsp3) is 0. The normalized spacial score (nSPS) is 10.7. The molecule has 0 heterocycles. The van der Waals surface area contributed by atoms with Gasteiger partial charge < -0.3 is 9.81 Å². The van der Waals surface area contributed by atoms with Gasteiger partial charge in [-0.05, 0) is 35.0 Å². The summed E-state index contributed by atoms with van der Waals surface area (Å²) in [5.41, 5.74) is 0.511. The number of rotatable bonds is 5. The minimum absolute atomic E-state index is 0. The molecule has 7 nitrogen and oxygen atoms in total. The van der Waals surface area contributed by atoms with Gasteiger partial charge in [0.1, 0.15) is 10.1 Å². The number of anilines is 1. The van der Waals surface area contributed by atoms with Gasteiger partial charge in [-0.25, -0.2) is 8.42 Å². The fourth-order valence-electron chi connectivity index (χ4n) is 1.63. The first kappa shape index (κ1) is 22.9. The Bertz CT molecular complexity index is 746. The topological polar surface area (TPSA) is 111 Å². The average Bonchev–Trinajstić information content (AvgIpc) is 2.42. The summed E-state index contributed by atoms with van der Waals surface area (Å²) in [5, 5.41) is 14.1. The zero-order valence-corrected chi connectivity index (χ0v) is 17.9.